The molecule has 1 N–H and O–H groups in total. The molecule has 96 valence electrons. The molecule has 0 aliphatic rings. The molecule has 0 radical (unpaired) electrons. The first-order valence-electron chi connectivity index (χ1n) is 5.96. The van der Waals surface area contributed by atoms with Crippen LogP contribution in [-0.4, -0.2) is 18.2 Å². The predicted molar refractivity (Wildman–Crippen MR) is 69.0 cm³/mol. The van der Waals surface area contributed by atoms with Gasteiger partial charge in [0.1, 0.15) is 17.7 Å². The molecule has 3 heteroatoms. The van der Waals surface area contributed by atoms with Crippen LogP contribution in [0, 0.1) is 12.7 Å². The van der Waals surface area contributed by atoms with Gasteiger partial charge in [-0.1, -0.05) is 0 Å². The van der Waals surface area contributed by atoms with Crippen molar-refractivity contribution in [1.29, 1.82) is 0 Å². The molecule has 1 aromatic carbocycles. The molecule has 0 spiro atoms. The topological polar surface area (TPSA) is 21.3 Å². The highest BCUT2D eigenvalue weighted by atomic mass is 19.1. The van der Waals surface area contributed by atoms with E-state index in [-0.39, 0.29) is 17.5 Å². The van der Waals surface area contributed by atoms with E-state index in [4.69, 9.17) is 4.74 Å². The fourth-order valence-corrected chi connectivity index (χ4v) is 1.45. The third-order valence-electron chi connectivity index (χ3n) is 2.38. The zero-order valence-electron chi connectivity index (χ0n) is 11.3. The molecule has 0 heterocycles. The van der Waals surface area contributed by atoms with Crippen LogP contribution in [0.2, 0.25) is 0 Å². The Labute approximate surface area is 103 Å². The van der Waals surface area contributed by atoms with E-state index < -0.39 is 0 Å². The summed E-state index contributed by atoms with van der Waals surface area (Å²) in [5, 5.41) is 3.37. The van der Waals surface area contributed by atoms with Crippen molar-refractivity contribution in [2.75, 3.05) is 6.54 Å². The lowest BCUT2D eigenvalue weighted by molar-refractivity contribution is 0.202. The van der Waals surface area contributed by atoms with Gasteiger partial charge >= 0.3 is 0 Å². The Morgan fingerprint density at radius 3 is 2.53 bits per heavy atom. The summed E-state index contributed by atoms with van der Waals surface area (Å²) in [6.45, 7) is 11.0. The summed E-state index contributed by atoms with van der Waals surface area (Å²) in [5.74, 6) is 0.518. The van der Waals surface area contributed by atoms with Crippen LogP contribution < -0.4 is 10.1 Å². The Bertz CT molecular complexity index is 371. The number of nitrogens with one attached hydrogen (secondary N) is 1. The van der Waals surface area contributed by atoms with Crippen LogP contribution in [0.5, 0.6) is 5.75 Å². The molecule has 0 aliphatic carbocycles. The van der Waals surface area contributed by atoms with E-state index in [1.807, 2.05) is 13.8 Å². The van der Waals surface area contributed by atoms with Crippen molar-refractivity contribution in [3.8, 4) is 5.75 Å². The van der Waals surface area contributed by atoms with E-state index in [9.17, 15) is 4.39 Å². The average molecular weight is 239 g/mol. The first-order valence-corrected chi connectivity index (χ1v) is 5.96. The number of aryl methyl sites for hydroxylation is 1. The third-order valence-corrected chi connectivity index (χ3v) is 2.38. The van der Waals surface area contributed by atoms with Gasteiger partial charge in [-0.05, 0) is 58.4 Å². The fraction of sp³-hybridized carbons (Fsp3) is 0.571. The molecule has 0 aromatic heterocycles. The summed E-state index contributed by atoms with van der Waals surface area (Å²) < 4.78 is 18.7. The Balaban J connectivity index is 2.53. The van der Waals surface area contributed by atoms with Crippen molar-refractivity contribution >= 4 is 0 Å². The number of rotatable bonds is 4. The molecule has 0 aliphatic heterocycles. The van der Waals surface area contributed by atoms with Gasteiger partial charge < -0.3 is 10.1 Å². The van der Waals surface area contributed by atoms with Crippen LogP contribution in [-0.2, 0) is 0 Å². The number of halogens is 1. The second kappa shape index (κ2) is 5.50. The molecule has 0 saturated carbocycles. The van der Waals surface area contributed by atoms with Gasteiger partial charge in [0.25, 0.3) is 0 Å². The second-order valence-corrected chi connectivity index (χ2v) is 5.47. The summed E-state index contributed by atoms with van der Waals surface area (Å²) in [6.07, 6.45) is 0.0541. The fourth-order valence-electron chi connectivity index (χ4n) is 1.45. The largest absolute Gasteiger partial charge is 0.489 e. The van der Waals surface area contributed by atoms with Crippen LogP contribution >= 0.6 is 0 Å². The van der Waals surface area contributed by atoms with Gasteiger partial charge in [-0.2, -0.15) is 0 Å². The minimum Gasteiger partial charge on any atom is -0.489 e. The summed E-state index contributed by atoms with van der Waals surface area (Å²) >= 11 is 0. The van der Waals surface area contributed by atoms with E-state index in [1.54, 1.807) is 6.07 Å². The normalized spacial score (nSPS) is 13.5. The minimum absolute atomic E-state index is 0.0541. The average Bonchev–Trinajstić information content (AvgIpc) is 2.18. The van der Waals surface area contributed by atoms with Crippen LogP contribution in [0.3, 0.4) is 0 Å². The lowest BCUT2D eigenvalue weighted by Gasteiger charge is -2.24. The Hall–Kier alpha value is -1.09. The summed E-state index contributed by atoms with van der Waals surface area (Å²) in [6, 6.07) is 4.59. The standard InChI is InChI=1S/C14H22FNO/c1-10-8-12(15)6-7-13(10)17-11(2)9-16-14(3,4)5/h6-8,11,16H,9H2,1-5H3. The molecule has 1 unspecified atom stereocenters. The van der Waals surface area contributed by atoms with Crippen molar-refractivity contribution < 1.29 is 9.13 Å². The van der Waals surface area contributed by atoms with Gasteiger partial charge in [0.2, 0.25) is 0 Å². The van der Waals surface area contributed by atoms with E-state index in [2.05, 4.69) is 26.1 Å². The maximum Gasteiger partial charge on any atom is 0.123 e. The van der Waals surface area contributed by atoms with Crippen LogP contribution in [0.15, 0.2) is 18.2 Å². The highest BCUT2D eigenvalue weighted by Gasteiger charge is 2.12. The highest BCUT2D eigenvalue weighted by Crippen LogP contribution is 2.19. The van der Waals surface area contributed by atoms with Crippen molar-refractivity contribution in [2.45, 2.75) is 46.3 Å². The van der Waals surface area contributed by atoms with Gasteiger partial charge in [-0.15, -0.1) is 0 Å². The molecular formula is C14H22FNO. The molecule has 0 fully saturated rings. The summed E-state index contributed by atoms with van der Waals surface area (Å²) in [4.78, 5) is 0. The first-order chi connectivity index (χ1) is 7.78. The zero-order valence-corrected chi connectivity index (χ0v) is 11.3. The Morgan fingerprint density at radius 1 is 1.35 bits per heavy atom. The quantitative estimate of drug-likeness (QED) is 0.870. The van der Waals surface area contributed by atoms with Gasteiger partial charge in [0.05, 0.1) is 0 Å². The van der Waals surface area contributed by atoms with Gasteiger partial charge in [0.15, 0.2) is 0 Å². The van der Waals surface area contributed by atoms with Crippen LogP contribution in [0.4, 0.5) is 4.39 Å². The number of hydrogen-bond acceptors (Lipinski definition) is 2. The van der Waals surface area contributed by atoms with Crippen molar-refractivity contribution in [3.05, 3.63) is 29.6 Å². The molecule has 2 nitrogen and oxygen atoms in total. The van der Waals surface area contributed by atoms with Crippen molar-refractivity contribution in [1.82, 2.24) is 5.32 Å². The second-order valence-electron chi connectivity index (χ2n) is 5.47. The van der Waals surface area contributed by atoms with Crippen LogP contribution in [0.25, 0.3) is 0 Å². The number of benzene rings is 1. The van der Waals surface area contributed by atoms with Crippen molar-refractivity contribution in [3.63, 3.8) is 0 Å². The highest BCUT2D eigenvalue weighted by molar-refractivity contribution is 5.32. The number of ether oxygens (including phenoxy) is 1. The predicted octanol–water partition coefficient (Wildman–Crippen LogP) is 3.29. The third kappa shape index (κ3) is 5.18. The lowest BCUT2D eigenvalue weighted by atomic mass is 10.1. The van der Waals surface area contributed by atoms with Crippen LogP contribution in [0.1, 0.15) is 33.3 Å². The zero-order chi connectivity index (χ0) is 13.1. The van der Waals surface area contributed by atoms with E-state index in [0.717, 1.165) is 17.9 Å². The smallest absolute Gasteiger partial charge is 0.123 e. The van der Waals surface area contributed by atoms with E-state index in [1.165, 1.54) is 12.1 Å². The molecule has 17 heavy (non-hydrogen) atoms. The van der Waals surface area contributed by atoms with E-state index >= 15 is 0 Å². The Morgan fingerprint density at radius 2 is 2.00 bits per heavy atom. The summed E-state index contributed by atoms with van der Waals surface area (Å²) in [7, 11) is 0. The monoisotopic (exact) mass is 239 g/mol. The molecule has 1 aromatic rings. The molecule has 0 saturated heterocycles. The SMILES string of the molecule is Cc1cc(F)ccc1OC(C)CNC(C)(C)C. The maximum absolute atomic E-state index is 12.9. The maximum atomic E-state index is 12.9. The minimum atomic E-state index is -0.227. The molecular weight excluding hydrogens is 217 g/mol. The molecule has 0 amide bonds. The van der Waals surface area contributed by atoms with E-state index in [0.29, 0.717) is 0 Å². The van der Waals surface area contributed by atoms with Gasteiger partial charge in [0, 0.05) is 12.1 Å². The van der Waals surface area contributed by atoms with Crippen molar-refractivity contribution in [2.24, 2.45) is 0 Å². The Kier molecular flexibility index (Phi) is 4.52. The molecule has 1 atom stereocenters. The van der Waals surface area contributed by atoms with Gasteiger partial charge in [-0.25, -0.2) is 4.39 Å². The number of hydrogen-bond donors (Lipinski definition) is 1. The molecule has 0 bridgehead atoms. The first kappa shape index (κ1) is 14.0. The lowest BCUT2D eigenvalue weighted by Crippen LogP contribution is -2.41. The van der Waals surface area contributed by atoms with Gasteiger partial charge in [-0.3, -0.25) is 0 Å². The molecule has 1 rings (SSSR count). The summed E-state index contributed by atoms with van der Waals surface area (Å²) in [5.41, 5.74) is 0.905.